The number of aromatic nitrogens is 1. The summed E-state index contributed by atoms with van der Waals surface area (Å²) in [5.41, 5.74) is 5.96. The Morgan fingerprint density at radius 1 is 1.68 bits per heavy atom. The number of halogens is 1. The lowest BCUT2D eigenvalue weighted by molar-refractivity contribution is 0.0723. The van der Waals surface area contributed by atoms with Gasteiger partial charge in [0.2, 0.25) is 0 Å². The Labute approximate surface area is 115 Å². The minimum atomic E-state index is -0.207. The van der Waals surface area contributed by atoms with Crippen molar-refractivity contribution in [2.24, 2.45) is 10.9 Å². The van der Waals surface area contributed by atoms with E-state index in [1.807, 2.05) is 4.90 Å². The molecule has 8 heteroatoms. The topological polar surface area (TPSA) is 104 Å². The van der Waals surface area contributed by atoms with Crippen LogP contribution in [0.4, 0.5) is 5.82 Å². The quantitative estimate of drug-likeness (QED) is 0.313. The summed E-state index contributed by atoms with van der Waals surface area (Å²) in [5, 5.41) is 21.3. The molecule has 19 heavy (non-hydrogen) atoms. The minimum absolute atomic E-state index is 0.0637. The van der Waals surface area contributed by atoms with Gasteiger partial charge in [-0.05, 0) is 6.07 Å². The summed E-state index contributed by atoms with van der Waals surface area (Å²) < 4.78 is 5.30. The van der Waals surface area contributed by atoms with E-state index in [0.29, 0.717) is 31.1 Å². The highest BCUT2D eigenvalue weighted by molar-refractivity contribution is 6.36. The summed E-state index contributed by atoms with van der Waals surface area (Å²) in [6, 6.07) is 1.36. The van der Waals surface area contributed by atoms with Gasteiger partial charge in [0.15, 0.2) is 5.84 Å². The van der Waals surface area contributed by atoms with E-state index in [4.69, 9.17) is 27.3 Å². The Kier molecular flexibility index (Phi) is 4.41. The zero-order chi connectivity index (χ0) is 13.8. The third-order valence-electron chi connectivity index (χ3n) is 2.96. The number of aliphatic hydroxyl groups is 1. The van der Waals surface area contributed by atoms with Gasteiger partial charge >= 0.3 is 0 Å². The highest BCUT2D eigenvalue weighted by Crippen LogP contribution is 2.29. The number of pyridine rings is 1. The Balaban J connectivity index is 2.39. The van der Waals surface area contributed by atoms with E-state index in [9.17, 15) is 5.11 Å². The highest BCUT2D eigenvalue weighted by Gasteiger charge is 2.26. The monoisotopic (exact) mass is 286 g/mol. The second-order valence-corrected chi connectivity index (χ2v) is 4.46. The Bertz CT molecular complexity index is 483. The summed E-state index contributed by atoms with van der Waals surface area (Å²) in [4.78, 5) is 6.07. The normalized spacial score (nSPS) is 20.6. The summed E-state index contributed by atoms with van der Waals surface area (Å²) in [6.45, 7) is 1.44. The summed E-state index contributed by atoms with van der Waals surface area (Å²) >= 11 is 6.24. The van der Waals surface area contributed by atoms with Gasteiger partial charge in [-0.15, -0.1) is 0 Å². The number of rotatable bonds is 3. The van der Waals surface area contributed by atoms with E-state index in [1.54, 1.807) is 6.07 Å². The molecule has 1 aromatic rings. The predicted molar refractivity (Wildman–Crippen MR) is 70.8 cm³/mol. The van der Waals surface area contributed by atoms with Gasteiger partial charge in [-0.3, -0.25) is 0 Å². The average molecular weight is 287 g/mol. The van der Waals surface area contributed by atoms with Gasteiger partial charge in [0.25, 0.3) is 0 Å². The van der Waals surface area contributed by atoms with Crippen LogP contribution >= 0.6 is 11.6 Å². The number of anilines is 1. The zero-order valence-corrected chi connectivity index (χ0v) is 10.9. The van der Waals surface area contributed by atoms with E-state index < -0.39 is 0 Å². The van der Waals surface area contributed by atoms with Crippen LogP contribution < -0.4 is 10.6 Å². The molecule has 0 aliphatic carbocycles. The van der Waals surface area contributed by atoms with Crippen molar-refractivity contribution in [1.82, 2.24) is 4.98 Å². The number of nitrogens with two attached hydrogens (primary N) is 1. The van der Waals surface area contributed by atoms with Crippen LogP contribution in [0.25, 0.3) is 0 Å². The summed E-state index contributed by atoms with van der Waals surface area (Å²) in [5.74, 6) is 0.413. The number of oxime groups is 1. The first-order valence-corrected chi connectivity index (χ1v) is 6.14. The third-order valence-corrected chi connectivity index (χ3v) is 3.34. The molecule has 1 saturated heterocycles. The van der Waals surface area contributed by atoms with E-state index in [2.05, 4.69) is 10.1 Å². The van der Waals surface area contributed by atoms with Crippen molar-refractivity contribution in [3.63, 3.8) is 0 Å². The molecular formula is C11H15ClN4O3. The fraction of sp³-hybridized carbons (Fsp3) is 0.455. The molecule has 2 heterocycles. The van der Waals surface area contributed by atoms with E-state index >= 15 is 0 Å². The number of hydrogen-bond donors (Lipinski definition) is 3. The smallest absolute Gasteiger partial charge is 0.171 e. The molecule has 0 bridgehead atoms. The first kappa shape index (κ1) is 13.9. The van der Waals surface area contributed by atoms with Gasteiger partial charge in [0, 0.05) is 18.3 Å². The lowest BCUT2D eigenvalue weighted by atomic mass is 10.2. The Morgan fingerprint density at radius 3 is 3.16 bits per heavy atom. The number of hydrogen-bond acceptors (Lipinski definition) is 6. The molecule has 0 radical (unpaired) electrons. The van der Waals surface area contributed by atoms with Gasteiger partial charge in [-0.1, -0.05) is 16.8 Å². The van der Waals surface area contributed by atoms with Gasteiger partial charge in [0.05, 0.1) is 30.9 Å². The fourth-order valence-electron chi connectivity index (χ4n) is 1.97. The maximum atomic E-state index is 9.36. The molecule has 1 unspecified atom stereocenters. The molecule has 1 aliphatic heterocycles. The second kappa shape index (κ2) is 6.05. The van der Waals surface area contributed by atoms with Gasteiger partial charge < -0.3 is 25.7 Å². The summed E-state index contributed by atoms with van der Waals surface area (Å²) in [6.07, 6.45) is 1.53. The maximum Gasteiger partial charge on any atom is 0.171 e. The molecular weight excluding hydrogens is 272 g/mol. The van der Waals surface area contributed by atoms with E-state index in [1.165, 1.54) is 6.20 Å². The lowest BCUT2D eigenvalue weighted by Gasteiger charge is -2.36. The molecule has 1 fully saturated rings. The minimum Gasteiger partial charge on any atom is -0.409 e. The van der Waals surface area contributed by atoms with Crippen molar-refractivity contribution in [2.45, 2.75) is 6.04 Å². The molecule has 2 rings (SSSR count). The van der Waals surface area contributed by atoms with Crippen molar-refractivity contribution in [2.75, 3.05) is 31.3 Å². The first-order valence-electron chi connectivity index (χ1n) is 5.76. The molecule has 1 aliphatic rings. The van der Waals surface area contributed by atoms with E-state index in [0.717, 1.165) is 0 Å². The molecule has 1 atom stereocenters. The molecule has 4 N–H and O–H groups in total. The van der Waals surface area contributed by atoms with Crippen molar-refractivity contribution in [3.8, 4) is 0 Å². The summed E-state index contributed by atoms with van der Waals surface area (Å²) in [7, 11) is 0. The number of ether oxygens (including phenoxy) is 1. The van der Waals surface area contributed by atoms with Crippen LogP contribution in [0.1, 0.15) is 5.56 Å². The SMILES string of the molecule is N/C(=N/O)c1ccnc(N2CCOCC2CO)c1Cl. The molecule has 0 spiro atoms. The van der Waals surface area contributed by atoms with Crippen LogP contribution in [-0.2, 0) is 4.74 Å². The third kappa shape index (κ3) is 2.73. The highest BCUT2D eigenvalue weighted by atomic mass is 35.5. The van der Waals surface area contributed by atoms with Crippen LogP contribution in [-0.4, -0.2) is 53.5 Å². The molecule has 104 valence electrons. The zero-order valence-electron chi connectivity index (χ0n) is 10.2. The molecule has 0 saturated carbocycles. The molecule has 7 nitrogen and oxygen atoms in total. The predicted octanol–water partition coefficient (Wildman–Crippen LogP) is 0.0270. The van der Waals surface area contributed by atoms with E-state index in [-0.39, 0.29) is 23.5 Å². The average Bonchev–Trinajstić information content (AvgIpc) is 2.46. The van der Waals surface area contributed by atoms with Gasteiger partial charge in [-0.2, -0.15) is 0 Å². The largest absolute Gasteiger partial charge is 0.409 e. The van der Waals surface area contributed by atoms with Crippen LogP contribution in [0.3, 0.4) is 0 Å². The molecule has 1 aromatic heterocycles. The number of nitrogens with zero attached hydrogens (tertiary/aromatic N) is 3. The Hall–Kier alpha value is -1.57. The molecule has 0 aromatic carbocycles. The lowest BCUT2D eigenvalue weighted by Crippen LogP contribution is -2.48. The van der Waals surface area contributed by atoms with Crippen LogP contribution in [0.15, 0.2) is 17.4 Å². The van der Waals surface area contributed by atoms with Crippen LogP contribution in [0, 0.1) is 0 Å². The number of aliphatic hydroxyl groups excluding tert-OH is 1. The number of amidine groups is 1. The van der Waals surface area contributed by atoms with Gasteiger partial charge in [-0.25, -0.2) is 4.98 Å². The maximum absolute atomic E-state index is 9.36. The van der Waals surface area contributed by atoms with Gasteiger partial charge in [0.1, 0.15) is 5.82 Å². The molecule has 0 amide bonds. The van der Waals surface area contributed by atoms with Crippen LogP contribution in [0.5, 0.6) is 0 Å². The standard InChI is InChI=1S/C11H15ClN4O3/c12-9-8(10(13)15-18)1-2-14-11(9)16-3-4-19-6-7(16)5-17/h1-2,7,17-18H,3-6H2,(H2,13,15). The van der Waals surface area contributed by atoms with Crippen molar-refractivity contribution < 1.29 is 15.1 Å². The van der Waals surface area contributed by atoms with Crippen molar-refractivity contribution in [1.29, 1.82) is 0 Å². The first-order chi connectivity index (χ1) is 9.19. The Morgan fingerprint density at radius 2 is 2.47 bits per heavy atom. The van der Waals surface area contributed by atoms with Crippen molar-refractivity contribution in [3.05, 3.63) is 22.8 Å². The van der Waals surface area contributed by atoms with Crippen molar-refractivity contribution >= 4 is 23.3 Å². The number of morpholine rings is 1. The second-order valence-electron chi connectivity index (χ2n) is 4.09. The fourth-order valence-corrected chi connectivity index (χ4v) is 2.29. The van der Waals surface area contributed by atoms with Crippen LogP contribution in [0.2, 0.25) is 5.02 Å².